The van der Waals surface area contributed by atoms with Crippen molar-refractivity contribution in [1.82, 2.24) is 26.6 Å². The fourth-order valence-corrected chi connectivity index (χ4v) is 3.56. The summed E-state index contributed by atoms with van der Waals surface area (Å²) in [5.74, 6) is -4.79. The van der Waals surface area contributed by atoms with Crippen molar-refractivity contribution in [1.29, 1.82) is 0 Å². The fourth-order valence-electron chi connectivity index (χ4n) is 3.56. The van der Waals surface area contributed by atoms with E-state index in [2.05, 4.69) is 31.6 Å². The molecule has 0 fully saturated rings. The average Bonchev–Trinajstić information content (AvgIpc) is 2.88. The van der Waals surface area contributed by atoms with Crippen molar-refractivity contribution in [3.05, 3.63) is 35.9 Å². The highest BCUT2D eigenvalue weighted by atomic mass is 16.4. The Morgan fingerprint density at radius 3 is 2.08 bits per heavy atom. The first kappa shape index (κ1) is 33.3. The summed E-state index contributed by atoms with van der Waals surface area (Å²) in [7, 11) is 0. The third kappa shape index (κ3) is 13.7. The summed E-state index contributed by atoms with van der Waals surface area (Å²) in [5.41, 5.74) is 11.3. The molecule has 15 nitrogen and oxygen atoms in total. The third-order valence-corrected chi connectivity index (χ3v) is 5.36. The molecule has 0 radical (unpaired) electrons. The van der Waals surface area contributed by atoms with Crippen molar-refractivity contribution in [3.63, 3.8) is 0 Å². The van der Waals surface area contributed by atoms with E-state index in [4.69, 9.17) is 16.6 Å². The van der Waals surface area contributed by atoms with Crippen LogP contribution in [0.2, 0.25) is 0 Å². The summed E-state index contributed by atoms with van der Waals surface area (Å²) in [5, 5.41) is 21.5. The SMILES string of the molecule is CCNC(=O)CNC(=O)[C@H](CCCN=C(N)N)NC(=O)[C@H](Cc1ccccc1)NC(=O)[C@H](CC(=O)O)NC(C)=O. The van der Waals surface area contributed by atoms with Crippen LogP contribution in [0.15, 0.2) is 35.3 Å². The number of aliphatic imine (C=N–C) groups is 1. The van der Waals surface area contributed by atoms with E-state index < -0.39 is 60.1 Å². The molecule has 1 aromatic carbocycles. The van der Waals surface area contributed by atoms with Crippen LogP contribution in [0.5, 0.6) is 0 Å². The van der Waals surface area contributed by atoms with Gasteiger partial charge < -0.3 is 43.2 Å². The lowest BCUT2D eigenvalue weighted by atomic mass is 10.0. The lowest BCUT2D eigenvalue weighted by molar-refractivity contribution is -0.141. The Balaban J connectivity index is 3.15. The van der Waals surface area contributed by atoms with Gasteiger partial charge in [0.25, 0.3) is 0 Å². The van der Waals surface area contributed by atoms with E-state index in [0.717, 1.165) is 6.92 Å². The fraction of sp³-hybridized carbons (Fsp3) is 0.480. The van der Waals surface area contributed by atoms with E-state index in [9.17, 15) is 28.8 Å². The number of likely N-dealkylation sites (N-methyl/N-ethyl adjacent to an activating group) is 1. The Kier molecular flexibility index (Phi) is 14.8. The van der Waals surface area contributed by atoms with E-state index in [1.807, 2.05) is 0 Å². The second-order valence-corrected chi connectivity index (χ2v) is 8.78. The highest BCUT2D eigenvalue weighted by Crippen LogP contribution is 2.07. The molecule has 0 bridgehead atoms. The first-order valence-electron chi connectivity index (χ1n) is 12.7. The molecule has 5 amide bonds. The first-order valence-corrected chi connectivity index (χ1v) is 12.7. The number of aliphatic carboxylic acids is 1. The van der Waals surface area contributed by atoms with Crippen LogP contribution in [0.3, 0.4) is 0 Å². The Hall–Kier alpha value is -4.69. The average molecular weight is 563 g/mol. The van der Waals surface area contributed by atoms with Gasteiger partial charge in [0.15, 0.2) is 5.96 Å². The van der Waals surface area contributed by atoms with Gasteiger partial charge in [-0.2, -0.15) is 0 Å². The van der Waals surface area contributed by atoms with Crippen LogP contribution in [-0.2, 0) is 35.2 Å². The number of carboxylic acids is 1. The van der Waals surface area contributed by atoms with Crippen molar-refractivity contribution in [2.75, 3.05) is 19.6 Å². The number of guanidine groups is 1. The zero-order valence-corrected chi connectivity index (χ0v) is 22.6. The molecule has 3 atom stereocenters. The van der Waals surface area contributed by atoms with Gasteiger partial charge in [0.1, 0.15) is 18.1 Å². The summed E-state index contributed by atoms with van der Waals surface area (Å²) in [6, 6.07) is 4.89. The highest BCUT2D eigenvalue weighted by molar-refractivity contribution is 5.96. The van der Waals surface area contributed by atoms with Crippen LogP contribution in [0.25, 0.3) is 0 Å². The van der Waals surface area contributed by atoms with Crippen LogP contribution >= 0.6 is 0 Å². The quantitative estimate of drug-likeness (QED) is 0.0566. The number of rotatable bonds is 17. The van der Waals surface area contributed by atoms with E-state index in [-0.39, 0.29) is 31.9 Å². The van der Waals surface area contributed by atoms with Crippen molar-refractivity contribution in [2.45, 2.75) is 57.7 Å². The van der Waals surface area contributed by atoms with Crippen LogP contribution < -0.4 is 38.1 Å². The van der Waals surface area contributed by atoms with Crippen molar-refractivity contribution < 1.29 is 33.9 Å². The Morgan fingerprint density at radius 2 is 1.50 bits per heavy atom. The number of carboxylic acid groups (broad SMARTS) is 1. The molecule has 0 aliphatic rings. The molecule has 1 aromatic rings. The molecular weight excluding hydrogens is 524 g/mol. The molecule has 0 unspecified atom stereocenters. The van der Waals surface area contributed by atoms with Crippen molar-refractivity contribution >= 4 is 41.5 Å². The van der Waals surface area contributed by atoms with Gasteiger partial charge in [0.05, 0.1) is 13.0 Å². The number of hydrogen-bond acceptors (Lipinski definition) is 7. The van der Waals surface area contributed by atoms with Gasteiger partial charge in [0, 0.05) is 26.4 Å². The normalized spacial score (nSPS) is 12.6. The lowest BCUT2D eigenvalue weighted by Crippen LogP contribution is -2.57. The van der Waals surface area contributed by atoms with Crippen LogP contribution in [0, 0.1) is 0 Å². The maximum atomic E-state index is 13.4. The third-order valence-electron chi connectivity index (χ3n) is 5.36. The number of carbonyl (C=O) groups excluding carboxylic acids is 5. The minimum atomic E-state index is -1.43. The van der Waals surface area contributed by atoms with Gasteiger partial charge in [-0.05, 0) is 25.3 Å². The second-order valence-electron chi connectivity index (χ2n) is 8.78. The van der Waals surface area contributed by atoms with Crippen molar-refractivity contribution in [3.8, 4) is 0 Å². The molecule has 40 heavy (non-hydrogen) atoms. The number of nitrogens with zero attached hydrogens (tertiary/aromatic N) is 1. The lowest BCUT2D eigenvalue weighted by Gasteiger charge is -2.25. The largest absolute Gasteiger partial charge is 0.481 e. The van der Waals surface area contributed by atoms with Crippen LogP contribution in [-0.4, -0.2) is 84.3 Å². The van der Waals surface area contributed by atoms with Crippen molar-refractivity contribution in [2.24, 2.45) is 16.5 Å². The molecular formula is C25H38N8O7. The van der Waals surface area contributed by atoms with Gasteiger partial charge >= 0.3 is 5.97 Å². The monoisotopic (exact) mass is 562 g/mol. The number of carbonyl (C=O) groups is 6. The van der Waals surface area contributed by atoms with Gasteiger partial charge in [-0.1, -0.05) is 30.3 Å². The molecule has 220 valence electrons. The minimum absolute atomic E-state index is 0.000475. The van der Waals surface area contributed by atoms with Gasteiger partial charge in [-0.25, -0.2) is 0 Å². The predicted molar refractivity (Wildman–Crippen MR) is 145 cm³/mol. The Morgan fingerprint density at radius 1 is 0.875 bits per heavy atom. The molecule has 0 spiro atoms. The van der Waals surface area contributed by atoms with E-state index in [1.54, 1.807) is 37.3 Å². The number of benzene rings is 1. The second kappa shape index (κ2) is 17.8. The predicted octanol–water partition coefficient (Wildman–Crippen LogP) is -2.52. The maximum absolute atomic E-state index is 13.4. The number of nitrogens with two attached hydrogens (primary N) is 2. The zero-order valence-electron chi connectivity index (χ0n) is 22.6. The van der Waals surface area contributed by atoms with E-state index in [1.165, 1.54) is 0 Å². The van der Waals surface area contributed by atoms with Gasteiger partial charge in [-0.15, -0.1) is 0 Å². The molecule has 10 N–H and O–H groups in total. The molecule has 0 saturated carbocycles. The highest BCUT2D eigenvalue weighted by Gasteiger charge is 2.30. The topological polar surface area (TPSA) is 247 Å². The Labute approximate surface area is 231 Å². The maximum Gasteiger partial charge on any atom is 0.305 e. The smallest absolute Gasteiger partial charge is 0.305 e. The zero-order chi connectivity index (χ0) is 30.1. The summed E-state index contributed by atoms with van der Waals surface area (Å²) in [6.07, 6.45) is -0.306. The summed E-state index contributed by atoms with van der Waals surface area (Å²) < 4.78 is 0. The molecule has 0 heterocycles. The van der Waals surface area contributed by atoms with Gasteiger partial charge in [0.2, 0.25) is 29.5 Å². The molecule has 0 aliphatic carbocycles. The first-order chi connectivity index (χ1) is 18.9. The number of hydrogen-bond donors (Lipinski definition) is 8. The van der Waals surface area contributed by atoms with Gasteiger partial charge in [-0.3, -0.25) is 33.8 Å². The van der Waals surface area contributed by atoms with E-state index >= 15 is 0 Å². The van der Waals surface area contributed by atoms with E-state index in [0.29, 0.717) is 18.5 Å². The van der Waals surface area contributed by atoms with Crippen LogP contribution in [0.4, 0.5) is 0 Å². The number of nitrogens with one attached hydrogen (secondary N) is 5. The summed E-state index contributed by atoms with van der Waals surface area (Å²) >= 11 is 0. The standard InChI is InChI=1S/C25H38N8O7/c1-3-28-20(35)14-30-22(38)17(10-7-11-29-25(26)27)32-23(39)18(12-16-8-5-4-6-9-16)33-24(40)19(13-21(36)37)31-15(2)34/h4-6,8-9,17-19H,3,7,10-14H2,1-2H3,(H,28,35)(H,30,38)(H,31,34)(H,32,39)(H,33,40)(H,36,37)(H4,26,27,29)/t17-,18-,19-/m0/s1. The summed E-state index contributed by atoms with van der Waals surface area (Å²) in [6.45, 7) is 3.08. The molecule has 15 heteroatoms. The molecule has 0 aliphatic heterocycles. The molecule has 0 aromatic heterocycles. The molecule has 0 saturated heterocycles. The van der Waals surface area contributed by atoms with Crippen LogP contribution in [0.1, 0.15) is 38.7 Å². The molecule has 1 rings (SSSR count). The Bertz CT molecular complexity index is 1040. The summed E-state index contributed by atoms with van der Waals surface area (Å²) in [4.78, 5) is 77.6. The number of amides is 5. The minimum Gasteiger partial charge on any atom is -0.481 e.